The van der Waals surface area contributed by atoms with Crippen LogP contribution in [0.5, 0.6) is 5.75 Å². The van der Waals surface area contributed by atoms with Gasteiger partial charge in [-0.05, 0) is 62.0 Å². The molecule has 1 fully saturated rings. The van der Waals surface area contributed by atoms with E-state index in [0.29, 0.717) is 16.6 Å². The van der Waals surface area contributed by atoms with Crippen molar-refractivity contribution in [2.75, 3.05) is 13.1 Å². The topological polar surface area (TPSA) is 84.5 Å². The van der Waals surface area contributed by atoms with Crippen LogP contribution >= 0.6 is 0 Å². The third kappa shape index (κ3) is 2.58. The molecule has 1 atom stereocenters. The van der Waals surface area contributed by atoms with E-state index < -0.39 is 0 Å². The molecule has 4 heterocycles. The summed E-state index contributed by atoms with van der Waals surface area (Å²) in [6.07, 6.45) is 4.64. The van der Waals surface area contributed by atoms with Gasteiger partial charge in [-0.25, -0.2) is 9.50 Å². The van der Waals surface area contributed by atoms with Crippen LogP contribution in [0.1, 0.15) is 23.7 Å². The van der Waals surface area contributed by atoms with Gasteiger partial charge in [0, 0.05) is 18.3 Å². The number of pyridine rings is 1. The lowest BCUT2D eigenvalue weighted by Gasteiger charge is -2.14. The number of aromatic hydroxyl groups is 1. The van der Waals surface area contributed by atoms with Crippen LogP contribution in [0.4, 0.5) is 0 Å². The molecule has 1 saturated heterocycles. The average Bonchev–Trinajstić information content (AvgIpc) is 3.31. The van der Waals surface area contributed by atoms with Crippen LogP contribution in [0.2, 0.25) is 0 Å². The number of fused-ring (bicyclic) bond motifs is 2. The summed E-state index contributed by atoms with van der Waals surface area (Å²) in [4.78, 5) is 17.4. The van der Waals surface area contributed by atoms with Gasteiger partial charge >= 0.3 is 0 Å². The van der Waals surface area contributed by atoms with E-state index in [1.54, 1.807) is 15.1 Å². The van der Waals surface area contributed by atoms with Crippen LogP contribution in [-0.4, -0.2) is 37.4 Å². The molecule has 5 rings (SSSR count). The summed E-state index contributed by atoms with van der Waals surface area (Å²) in [5, 5.41) is 19.9. The Balaban J connectivity index is 1.68. The summed E-state index contributed by atoms with van der Waals surface area (Å²) in [7, 11) is 0. The monoisotopic (exact) mass is 375 g/mol. The Hall–Kier alpha value is -3.19. The van der Waals surface area contributed by atoms with Crippen molar-refractivity contribution in [2.24, 2.45) is 0 Å². The summed E-state index contributed by atoms with van der Waals surface area (Å²) in [5.41, 5.74) is 3.83. The van der Waals surface area contributed by atoms with Gasteiger partial charge in [0.25, 0.3) is 5.56 Å². The molecule has 0 radical (unpaired) electrons. The largest absolute Gasteiger partial charge is 0.507 e. The minimum atomic E-state index is -0.0714. The summed E-state index contributed by atoms with van der Waals surface area (Å²) in [6.45, 7) is 5.61. The number of nitrogens with one attached hydrogen (secondary N) is 1. The average molecular weight is 375 g/mol. The SMILES string of the molecule is Cc1cn2nc(-c3cc4ccn([C@@H]5CCNC5)c(=O)c4cc3O)cc(C)c2n1. The van der Waals surface area contributed by atoms with Gasteiger partial charge in [0.15, 0.2) is 5.65 Å². The van der Waals surface area contributed by atoms with E-state index >= 15 is 0 Å². The molecule has 0 spiro atoms. The maximum Gasteiger partial charge on any atom is 0.258 e. The molecule has 0 saturated carbocycles. The van der Waals surface area contributed by atoms with E-state index in [1.807, 2.05) is 44.4 Å². The predicted molar refractivity (Wildman–Crippen MR) is 108 cm³/mol. The molecule has 1 aliphatic rings. The highest BCUT2D eigenvalue weighted by Crippen LogP contribution is 2.32. The maximum absolute atomic E-state index is 12.9. The molecule has 142 valence electrons. The van der Waals surface area contributed by atoms with Crippen LogP contribution in [0.25, 0.3) is 27.7 Å². The third-order valence-corrected chi connectivity index (χ3v) is 5.48. The van der Waals surface area contributed by atoms with Crippen molar-refractivity contribution in [1.29, 1.82) is 0 Å². The summed E-state index contributed by atoms with van der Waals surface area (Å²) in [5.74, 6) is 0.0509. The number of phenols is 1. The van der Waals surface area contributed by atoms with Crippen molar-refractivity contribution in [3.8, 4) is 17.0 Å². The van der Waals surface area contributed by atoms with Crippen LogP contribution in [0.3, 0.4) is 0 Å². The van der Waals surface area contributed by atoms with Crippen LogP contribution in [0, 0.1) is 13.8 Å². The van der Waals surface area contributed by atoms with Gasteiger partial charge in [0.1, 0.15) is 5.75 Å². The number of rotatable bonds is 2. The number of nitrogens with zero attached hydrogens (tertiary/aromatic N) is 4. The zero-order valence-electron chi connectivity index (χ0n) is 15.8. The Morgan fingerprint density at radius 1 is 1.25 bits per heavy atom. The van der Waals surface area contributed by atoms with Gasteiger partial charge in [0.05, 0.1) is 29.0 Å². The number of hydrogen-bond donors (Lipinski definition) is 2. The van der Waals surface area contributed by atoms with E-state index in [-0.39, 0.29) is 17.4 Å². The molecule has 1 aliphatic heterocycles. The lowest BCUT2D eigenvalue weighted by atomic mass is 10.0. The van der Waals surface area contributed by atoms with E-state index in [2.05, 4.69) is 15.4 Å². The molecule has 7 heteroatoms. The Morgan fingerprint density at radius 2 is 2.11 bits per heavy atom. The fraction of sp³-hybridized carbons (Fsp3) is 0.286. The number of aromatic nitrogens is 4. The number of benzene rings is 1. The van der Waals surface area contributed by atoms with Gasteiger partial charge in [-0.15, -0.1) is 0 Å². The minimum absolute atomic E-state index is 0.0509. The first-order valence-corrected chi connectivity index (χ1v) is 9.44. The number of imidazole rings is 1. The summed E-state index contributed by atoms with van der Waals surface area (Å²) >= 11 is 0. The normalized spacial score (nSPS) is 17.0. The van der Waals surface area contributed by atoms with Crippen LogP contribution in [-0.2, 0) is 0 Å². The van der Waals surface area contributed by atoms with Crippen molar-refractivity contribution >= 4 is 16.4 Å². The molecule has 28 heavy (non-hydrogen) atoms. The van der Waals surface area contributed by atoms with E-state index in [9.17, 15) is 9.90 Å². The third-order valence-electron chi connectivity index (χ3n) is 5.48. The highest BCUT2D eigenvalue weighted by atomic mass is 16.3. The lowest BCUT2D eigenvalue weighted by molar-refractivity contribution is 0.477. The summed E-state index contributed by atoms with van der Waals surface area (Å²) in [6, 6.07) is 7.40. The smallest absolute Gasteiger partial charge is 0.258 e. The van der Waals surface area contributed by atoms with Gasteiger partial charge in [-0.2, -0.15) is 5.10 Å². The Bertz CT molecular complexity index is 1280. The molecule has 0 bridgehead atoms. The fourth-order valence-electron chi connectivity index (χ4n) is 4.04. The Labute approximate surface area is 161 Å². The fourth-order valence-corrected chi connectivity index (χ4v) is 4.04. The predicted octanol–water partition coefficient (Wildman–Crippen LogP) is 2.57. The molecular formula is C21H21N5O2. The number of aryl methyl sites for hydroxylation is 2. The van der Waals surface area contributed by atoms with E-state index in [1.165, 1.54) is 0 Å². The van der Waals surface area contributed by atoms with Crippen molar-refractivity contribution in [2.45, 2.75) is 26.3 Å². The van der Waals surface area contributed by atoms with Crippen molar-refractivity contribution < 1.29 is 5.11 Å². The molecule has 1 aromatic carbocycles. The zero-order valence-corrected chi connectivity index (χ0v) is 15.8. The second kappa shape index (κ2) is 6.17. The minimum Gasteiger partial charge on any atom is -0.507 e. The van der Waals surface area contributed by atoms with Gasteiger partial charge < -0.3 is 15.0 Å². The van der Waals surface area contributed by atoms with Gasteiger partial charge in [0.2, 0.25) is 0 Å². The molecular weight excluding hydrogens is 354 g/mol. The van der Waals surface area contributed by atoms with Crippen molar-refractivity contribution in [3.05, 3.63) is 58.3 Å². The molecule has 3 aromatic heterocycles. The molecule has 2 N–H and O–H groups in total. The Morgan fingerprint density at radius 3 is 2.89 bits per heavy atom. The second-order valence-corrected chi connectivity index (χ2v) is 7.49. The van der Waals surface area contributed by atoms with Crippen LogP contribution < -0.4 is 10.9 Å². The van der Waals surface area contributed by atoms with E-state index in [0.717, 1.165) is 41.8 Å². The standard InChI is InChI=1S/C21H21N5O2/c1-12-7-18(24-26-11-13(2)23-20(12)26)17-8-14-4-6-25(15-3-5-22-10-15)21(28)16(14)9-19(17)27/h4,6-9,11,15,22,27H,3,5,10H2,1-2H3/t15-/m1/s1. The van der Waals surface area contributed by atoms with Crippen molar-refractivity contribution in [3.63, 3.8) is 0 Å². The first-order valence-electron chi connectivity index (χ1n) is 9.44. The second-order valence-electron chi connectivity index (χ2n) is 7.49. The zero-order chi connectivity index (χ0) is 19.4. The van der Waals surface area contributed by atoms with Crippen LogP contribution in [0.15, 0.2) is 41.5 Å². The van der Waals surface area contributed by atoms with Gasteiger partial charge in [-0.1, -0.05) is 0 Å². The maximum atomic E-state index is 12.9. The highest BCUT2D eigenvalue weighted by Gasteiger charge is 2.19. The van der Waals surface area contributed by atoms with Crippen molar-refractivity contribution in [1.82, 2.24) is 24.5 Å². The lowest BCUT2D eigenvalue weighted by Crippen LogP contribution is -2.25. The Kier molecular flexibility index (Phi) is 3.73. The molecule has 4 aromatic rings. The first kappa shape index (κ1) is 16.9. The molecule has 0 amide bonds. The summed E-state index contributed by atoms with van der Waals surface area (Å²) < 4.78 is 3.50. The van der Waals surface area contributed by atoms with Gasteiger partial charge in [-0.3, -0.25) is 4.79 Å². The molecule has 0 unspecified atom stereocenters. The quantitative estimate of drug-likeness (QED) is 0.563. The van der Waals surface area contributed by atoms with E-state index in [4.69, 9.17) is 0 Å². The molecule has 7 nitrogen and oxygen atoms in total. The number of phenolic OH excluding ortho intramolecular Hbond substituents is 1. The number of hydrogen-bond acceptors (Lipinski definition) is 5. The highest BCUT2D eigenvalue weighted by molar-refractivity contribution is 5.89. The first-order chi connectivity index (χ1) is 13.5. The molecule has 0 aliphatic carbocycles.